The minimum absolute atomic E-state index is 0.0271. The molecule has 0 amide bonds. The van der Waals surface area contributed by atoms with Gasteiger partial charge in [0, 0.05) is 37.6 Å². The molecule has 0 atom stereocenters. The molecule has 8 nitrogen and oxygen atoms in total. The fourth-order valence-corrected chi connectivity index (χ4v) is 3.95. The highest BCUT2D eigenvalue weighted by atomic mass is 32.2. The number of hydrogen-bond donors (Lipinski definition) is 1. The highest BCUT2D eigenvalue weighted by Gasteiger charge is 2.20. The van der Waals surface area contributed by atoms with Gasteiger partial charge in [-0.2, -0.15) is 0 Å². The van der Waals surface area contributed by atoms with E-state index in [0.29, 0.717) is 18.2 Å². The van der Waals surface area contributed by atoms with E-state index in [2.05, 4.69) is 24.6 Å². The van der Waals surface area contributed by atoms with Crippen molar-refractivity contribution in [2.45, 2.75) is 51.7 Å². The molecule has 3 heterocycles. The lowest BCUT2D eigenvalue weighted by Gasteiger charge is -2.17. The highest BCUT2D eigenvalue weighted by Crippen LogP contribution is 2.18. The molecule has 0 aromatic carbocycles. The van der Waals surface area contributed by atoms with Crippen LogP contribution in [-0.4, -0.2) is 41.0 Å². The van der Waals surface area contributed by atoms with Crippen molar-refractivity contribution in [3.63, 3.8) is 0 Å². The van der Waals surface area contributed by atoms with E-state index in [1.807, 2.05) is 19.9 Å². The zero-order chi connectivity index (χ0) is 18.0. The number of nitrogens with zero attached hydrogens (tertiary/aromatic N) is 5. The first-order chi connectivity index (χ1) is 11.9. The summed E-state index contributed by atoms with van der Waals surface area (Å²) >= 11 is 0. The molecule has 0 radical (unpaired) electrons. The first-order valence-electron chi connectivity index (χ1n) is 8.52. The molecule has 136 valence electrons. The van der Waals surface area contributed by atoms with Gasteiger partial charge in [-0.05, 0) is 33.6 Å². The number of anilines is 1. The monoisotopic (exact) mass is 364 g/mol. The topological polar surface area (TPSA) is 93.0 Å². The van der Waals surface area contributed by atoms with Gasteiger partial charge in [0.05, 0.1) is 6.54 Å². The molecule has 1 saturated heterocycles. The third-order valence-electron chi connectivity index (χ3n) is 4.31. The maximum Gasteiger partial charge on any atom is 0.260 e. The van der Waals surface area contributed by atoms with Gasteiger partial charge in [0.25, 0.3) is 10.0 Å². The minimum Gasteiger partial charge on any atom is -0.357 e. The Kier molecular flexibility index (Phi) is 5.05. The molecule has 2 aromatic rings. The Morgan fingerprint density at radius 3 is 2.52 bits per heavy atom. The molecule has 1 N–H and O–H groups in total. The van der Waals surface area contributed by atoms with Gasteiger partial charge in [-0.3, -0.25) is 0 Å². The predicted molar refractivity (Wildman–Crippen MR) is 94.9 cm³/mol. The zero-order valence-corrected chi connectivity index (χ0v) is 15.7. The van der Waals surface area contributed by atoms with Crippen molar-refractivity contribution >= 4 is 15.8 Å². The summed E-state index contributed by atoms with van der Waals surface area (Å²) in [5, 5.41) is 0.0271. The Hall–Kier alpha value is -2.00. The third-order valence-corrected chi connectivity index (χ3v) is 5.58. The van der Waals surface area contributed by atoms with Crippen molar-refractivity contribution in [2.75, 3.05) is 18.0 Å². The standard InChI is InChI=1S/C16H24N6O2S/c1-4-21-11-16(19-13(21)3)25(23,24)17-10-14-18-12(2)9-15(20-14)22-7-5-6-8-22/h9,11,17H,4-8,10H2,1-3H3. The van der Waals surface area contributed by atoms with Crippen LogP contribution in [0.2, 0.25) is 0 Å². The van der Waals surface area contributed by atoms with Gasteiger partial charge in [-0.15, -0.1) is 0 Å². The van der Waals surface area contributed by atoms with E-state index in [1.165, 1.54) is 0 Å². The fourth-order valence-electron chi connectivity index (χ4n) is 2.96. The second-order valence-corrected chi connectivity index (χ2v) is 7.93. The lowest BCUT2D eigenvalue weighted by atomic mass is 10.4. The van der Waals surface area contributed by atoms with Gasteiger partial charge >= 0.3 is 0 Å². The van der Waals surface area contributed by atoms with Gasteiger partial charge in [-0.1, -0.05) is 0 Å². The van der Waals surface area contributed by atoms with Crippen LogP contribution in [-0.2, 0) is 23.1 Å². The average molecular weight is 364 g/mol. The molecule has 0 saturated carbocycles. The van der Waals surface area contributed by atoms with E-state index in [1.54, 1.807) is 17.7 Å². The number of hydrogen-bond acceptors (Lipinski definition) is 6. The molecule has 3 rings (SSSR count). The molecule has 2 aromatic heterocycles. The van der Waals surface area contributed by atoms with E-state index in [4.69, 9.17) is 0 Å². The van der Waals surface area contributed by atoms with Gasteiger partial charge in [0.1, 0.15) is 17.5 Å². The quantitative estimate of drug-likeness (QED) is 0.833. The van der Waals surface area contributed by atoms with E-state index >= 15 is 0 Å². The molecule has 0 spiro atoms. The molecular formula is C16H24N6O2S. The van der Waals surface area contributed by atoms with E-state index < -0.39 is 10.0 Å². The second-order valence-electron chi connectivity index (χ2n) is 6.21. The first-order valence-corrected chi connectivity index (χ1v) is 10.0. The van der Waals surface area contributed by atoms with Crippen LogP contribution in [0.4, 0.5) is 5.82 Å². The molecule has 0 aliphatic carbocycles. The van der Waals surface area contributed by atoms with Crippen LogP contribution in [0.5, 0.6) is 0 Å². The first kappa shape index (κ1) is 17.8. The molecule has 9 heteroatoms. The molecule has 1 fully saturated rings. The number of rotatable bonds is 6. The van der Waals surface area contributed by atoms with Gasteiger partial charge < -0.3 is 9.47 Å². The van der Waals surface area contributed by atoms with Crippen molar-refractivity contribution in [3.8, 4) is 0 Å². The molecule has 0 unspecified atom stereocenters. The maximum atomic E-state index is 12.5. The summed E-state index contributed by atoms with van der Waals surface area (Å²) in [5.41, 5.74) is 0.831. The van der Waals surface area contributed by atoms with Crippen molar-refractivity contribution in [3.05, 3.63) is 29.6 Å². The molecular weight excluding hydrogens is 340 g/mol. The zero-order valence-electron chi connectivity index (χ0n) is 14.9. The summed E-state index contributed by atoms with van der Waals surface area (Å²) in [6.45, 7) is 8.31. The van der Waals surface area contributed by atoms with Crippen molar-refractivity contribution in [1.82, 2.24) is 24.2 Å². The van der Waals surface area contributed by atoms with Crippen molar-refractivity contribution < 1.29 is 8.42 Å². The SMILES string of the molecule is CCn1cc(S(=O)(=O)NCc2nc(C)cc(N3CCCC3)n2)nc1C. The van der Waals surface area contributed by atoms with Gasteiger partial charge in [0.15, 0.2) is 5.03 Å². The molecule has 25 heavy (non-hydrogen) atoms. The van der Waals surface area contributed by atoms with Crippen LogP contribution in [0.3, 0.4) is 0 Å². The largest absolute Gasteiger partial charge is 0.357 e. The number of nitrogens with one attached hydrogen (secondary N) is 1. The van der Waals surface area contributed by atoms with E-state index in [-0.39, 0.29) is 11.6 Å². The summed E-state index contributed by atoms with van der Waals surface area (Å²) in [6.07, 6.45) is 3.86. The molecule has 0 bridgehead atoms. The van der Waals surface area contributed by atoms with Gasteiger partial charge in [0.2, 0.25) is 0 Å². The van der Waals surface area contributed by atoms with Crippen LogP contribution in [0.1, 0.15) is 37.1 Å². The number of imidazole rings is 1. The Morgan fingerprint density at radius 2 is 1.88 bits per heavy atom. The van der Waals surface area contributed by atoms with Gasteiger partial charge in [-0.25, -0.2) is 28.1 Å². The van der Waals surface area contributed by atoms with Crippen LogP contribution in [0, 0.1) is 13.8 Å². The highest BCUT2D eigenvalue weighted by molar-refractivity contribution is 7.89. The Labute approximate surface area is 148 Å². The van der Waals surface area contributed by atoms with E-state index in [0.717, 1.165) is 37.4 Å². The third kappa shape index (κ3) is 3.98. The summed E-state index contributed by atoms with van der Waals surface area (Å²) < 4.78 is 29.3. The predicted octanol–water partition coefficient (Wildman–Crippen LogP) is 1.39. The normalized spacial score (nSPS) is 15.1. The molecule has 1 aliphatic heterocycles. The summed E-state index contributed by atoms with van der Waals surface area (Å²) in [6, 6.07) is 1.94. The van der Waals surface area contributed by atoms with Crippen LogP contribution >= 0.6 is 0 Å². The Balaban J connectivity index is 1.75. The van der Waals surface area contributed by atoms with Crippen molar-refractivity contribution in [1.29, 1.82) is 0 Å². The van der Waals surface area contributed by atoms with E-state index in [9.17, 15) is 8.42 Å². The number of aryl methyl sites for hydroxylation is 3. The van der Waals surface area contributed by atoms with Crippen molar-refractivity contribution in [2.24, 2.45) is 0 Å². The number of sulfonamides is 1. The minimum atomic E-state index is -3.69. The number of aromatic nitrogens is 4. The lowest BCUT2D eigenvalue weighted by Crippen LogP contribution is -2.26. The Bertz CT molecular complexity index is 856. The maximum absolute atomic E-state index is 12.5. The Morgan fingerprint density at radius 1 is 1.16 bits per heavy atom. The smallest absolute Gasteiger partial charge is 0.260 e. The van der Waals surface area contributed by atoms with Crippen LogP contribution in [0.25, 0.3) is 0 Å². The average Bonchev–Trinajstić information content (AvgIpc) is 3.22. The lowest BCUT2D eigenvalue weighted by molar-refractivity contribution is 0.575. The summed E-state index contributed by atoms with van der Waals surface area (Å²) in [7, 11) is -3.69. The second kappa shape index (κ2) is 7.09. The van der Waals surface area contributed by atoms with Crippen LogP contribution in [0.15, 0.2) is 17.3 Å². The summed E-state index contributed by atoms with van der Waals surface area (Å²) in [4.78, 5) is 15.2. The van der Waals surface area contributed by atoms with Crippen LogP contribution < -0.4 is 9.62 Å². The fraction of sp³-hybridized carbons (Fsp3) is 0.562. The molecule has 1 aliphatic rings. The summed E-state index contributed by atoms with van der Waals surface area (Å²) in [5.74, 6) is 2.01.